The second kappa shape index (κ2) is 5.82. The van der Waals surface area contributed by atoms with Crippen LogP contribution in [0.5, 0.6) is 0 Å². The van der Waals surface area contributed by atoms with E-state index in [-0.39, 0.29) is 6.10 Å². The van der Waals surface area contributed by atoms with E-state index in [1.165, 1.54) is 0 Å². The van der Waals surface area contributed by atoms with Crippen molar-refractivity contribution in [3.05, 3.63) is 18.0 Å². The molecule has 0 fully saturated rings. The summed E-state index contributed by atoms with van der Waals surface area (Å²) < 4.78 is 6.90. The highest BCUT2D eigenvalue weighted by Crippen LogP contribution is 2.14. The summed E-state index contributed by atoms with van der Waals surface area (Å²) in [7, 11) is 1.78. The molecule has 1 aromatic heterocycles. The Morgan fingerprint density at radius 3 is 2.65 bits per heavy atom. The maximum atomic E-state index is 11.8. The van der Waals surface area contributed by atoms with Gasteiger partial charge in [0.25, 0.3) is 0 Å². The van der Waals surface area contributed by atoms with Crippen molar-refractivity contribution in [2.75, 3.05) is 0 Å². The number of hydrogen-bond acceptors (Lipinski definition) is 4. The zero-order chi connectivity index (χ0) is 13.0. The molecule has 2 N–H and O–H groups in total. The molecule has 2 unspecified atom stereocenters. The molecule has 0 radical (unpaired) electrons. The summed E-state index contributed by atoms with van der Waals surface area (Å²) >= 11 is 0. The predicted octanol–water partition coefficient (Wildman–Crippen LogP) is 1.40. The minimum Gasteiger partial charge on any atom is -0.461 e. The molecule has 1 heterocycles. The molecule has 5 heteroatoms. The van der Waals surface area contributed by atoms with Crippen molar-refractivity contribution in [2.24, 2.45) is 18.7 Å². The molecule has 5 nitrogen and oxygen atoms in total. The smallest absolute Gasteiger partial charge is 0.327 e. The van der Waals surface area contributed by atoms with E-state index >= 15 is 0 Å². The molecule has 0 aliphatic rings. The lowest BCUT2D eigenvalue weighted by Crippen LogP contribution is -2.27. The van der Waals surface area contributed by atoms with Crippen LogP contribution in [0.15, 0.2) is 12.4 Å². The van der Waals surface area contributed by atoms with Crippen LogP contribution < -0.4 is 5.73 Å². The first-order valence-corrected chi connectivity index (χ1v) is 5.84. The van der Waals surface area contributed by atoms with Crippen LogP contribution in [-0.2, 0) is 16.6 Å². The standard InChI is InChI=1S/C12H21N3O2/c1-8(2)5-9(3)17-12(16)11(13)10-6-14-15(4)7-10/h6-9,11H,5,13H2,1-4H3. The lowest BCUT2D eigenvalue weighted by molar-refractivity contribution is -0.150. The molecule has 2 atom stereocenters. The van der Waals surface area contributed by atoms with Crippen LogP contribution in [0, 0.1) is 5.92 Å². The van der Waals surface area contributed by atoms with Crippen LogP contribution in [0.4, 0.5) is 0 Å². The number of carbonyl (C=O) groups is 1. The molecule has 17 heavy (non-hydrogen) atoms. The highest BCUT2D eigenvalue weighted by Gasteiger charge is 2.21. The van der Waals surface area contributed by atoms with Crippen molar-refractivity contribution in [1.29, 1.82) is 0 Å². The second-order valence-corrected chi connectivity index (χ2v) is 4.80. The highest BCUT2D eigenvalue weighted by molar-refractivity contribution is 5.77. The van der Waals surface area contributed by atoms with Gasteiger partial charge >= 0.3 is 5.97 Å². The largest absolute Gasteiger partial charge is 0.461 e. The number of nitrogens with two attached hydrogens (primary N) is 1. The van der Waals surface area contributed by atoms with Crippen LogP contribution in [0.3, 0.4) is 0 Å². The normalized spacial score (nSPS) is 14.7. The summed E-state index contributed by atoms with van der Waals surface area (Å²) in [4.78, 5) is 11.8. The van der Waals surface area contributed by atoms with Gasteiger partial charge in [0.2, 0.25) is 0 Å². The van der Waals surface area contributed by atoms with E-state index in [1.54, 1.807) is 24.1 Å². The molecule has 0 saturated carbocycles. The van der Waals surface area contributed by atoms with E-state index in [0.717, 1.165) is 6.42 Å². The van der Waals surface area contributed by atoms with Gasteiger partial charge in [-0.3, -0.25) is 4.68 Å². The molecule has 96 valence electrons. The zero-order valence-electron chi connectivity index (χ0n) is 10.9. The maximum Gasteiger partial charge on any atom is 0.327 e. The van der Waals surface area contributed by atoms with Crippen LogP contribution in [0.1, 0.15) is 38.8 Å². The molecular weight excluding hydrogens is 218 g/mol. The number of aromatic nitrogens is 2. The molecular formula is C12H21N3O2. The van der Waals surface area contributed by atoms with Crippen molar-refractivity contribution in [3.8, 4) is 0 Å². The Morgan fingerprint density at radius 2 is 2.18 bits per heavy atom. The molecule has 0 aliphatic carbocycles. The number of rotatable bonds is 5. The van der Waals surface area contributed by atoms with E-state index in [4.69, 9.17) is 10.5 Å². The zero-order valence-corrected chi connectivity index (χ0v) is 10.9. The quantitative estimate of drug-likeness (QED) is 0.788. The van der Waals surface area contributed by atoms with E-state index in [9.17, 15) is 4.79 Å². The SMILES string of the molecule is CC(C)CC(C)OC(=O)C(N)c1cnn(C)c1. The van der Waals surface area contributed by atoms with Gasteiger partial charge < -0.3 is 10.5 Å². The van der Waals surface area contributed by atoms with Gasteiger partial charge in [-0.1, -0.05) is 13.8 Å². The minimum atomic E-state index is -0.752. The van der Waals surface area contributed by atoms with Crippen molar-refractivity contribution in [1.82, 2.24) is 9.78 Å². The van der Waals surface area contributed by atoms with Crippen molar-refractivity contribution >= 4 is 5.97 Å². The minimum absolute atomic E-state index is 0.106. The summed E-state index contributed by atoms with van der Waals surface area (Å²) in [5.41, 5.74) is 6.48. The van der Waals surface area contributed by atoms with Gasteiger partial charge in [0.15, 0.2) is 0 Å². The molecule has 0 aliphatic heterocycles. The van der Waals surface area contributed by atoms with Crippen molar-refractivity contribution in [3.63, 3.8) is 0 Å². The average molecular weight is 239 g/mol. The van der Waals surface area contributed by atoms with Crippen LogP contribution in [-0.4, -0.2) is 21.9 Å². The fourth-order valence-corrected chi connectivity index (χ4v) is 1.72. The number of aryl methyl sites for hydroxylation is 1. The van der Waals surface area contributed by atoms with Crippen molar-refractivity contribution < 1.29 is 9.53 Å². The topological polar surface area (TPSA) is 70.1 Å². The average Bonchev–Trinajstić information content (AvgIpc) is 2.62. The Bertz CT molecular complexity index is 374. The predicted molar refractivity (Wildman–Crippen MR) is 65.1 cm³/mol. The van der Waals surface area contributed by atoms with E-state index in [2.05, 4.69) is 18.9 Å². The third-order valence-electron chi connectivity index (χ3n) is 2.46. The van der Waals surface area contributed by atoms with Crippen molar-refractivity contribution in [2.45, 2.75) is 39.3 Å². The Balaban J connectivity index is 2.53. The lowest BCUT2D eigenvalue weighted by Gasteiger charge is -2.17. The monoisotopic (exact) mass is 239 g/mol. The third-order valence-corrected chi connectivity index (χ3v) is 2.46. The molecule has 1 rings (SSSR count). The van der Waals surface area contributed by atoms with Gasteiger partial charge in [-0.05, 0) is 19.3 Å². The Kier molecular flexibility index (Phi) is 4.69. The number of esters is 1. The van der Waals surface area contributed by atoms with Crippen LogP contribution in [0.25, 0.3) is 0 Å². The van der Waals surface area contributed by atoms with Gasteiger partial charge in [0.1, 0.15) is 6.04 Å². The molecule has 0 saturated heterocycles. The number of hydrogen-bond donors (Lipinski definition) is 1. The van der Waals surface area contributed by atoms with Gasteiger partial charge in [-0.25, -0.2) is 4.79 Å². The van der Waals surface area contributed by atoms with E-state index in [1.807, 2.05) is 6.92 Å². The summed E-state index contributed by atoms with van der Waals surface area (Å²) in [5, 5.41) is 3.98. The maximum absolute atomic E-state index is 11.8. The first-order chi connectivity index (χ1) is 7.90. The van der Waals surface area contributed by atoms with E-state index < -0.39 is 12.0 Å². The van der Waals surface area contributed by atoms with Crippen LogP contribution >= 0.6 is 0 Å². The number of carbonyl (C=O) groups excluding carboxylic acids is 1. The van der Waals surface area contributed by atoms with Crippen LogP contribution in [0.2, 0.25) is 0 Å². The molecule has 0 spiro atoms. The molecule has 0 bridgehead atoms. The summed E-state index contributed by atoms with van der Waals surface area (Å²) in [6.07, 6.45) is 4.04. The molecule has 0 aromatic carbocycles. The molecule has 0 amide bonds. The van der Waals surface area contributed by atoms with E-state index in [0.29, 0.717) is 11.5 Å². The van der Waals surface area contributed by atoms with Gasteiger partial charge in [-0.15, -0.1) is 0 Å². The summed E-state index contributed by atoms with van der Waals surface area (Å²) in [6.45, 7) is 6.06. The summed E-state index contributed by atoms with van der Waals surface area (Å²) in [6, 6.07) is -0.752. The Morgan fingerprint density at radius 1 is 1.53 bits per heavy atom. The Hall–Kier alpha value is -1.36. The summed E-state index contributed by atoms with van der Waals surface area (Å²) in [5.74, 6) is 0.0959. The molecule has 1 aromatic rings. The van der Waals surface area contributed by atoms with Gasteiger partial charge in [-0.2, -0.15) is 5.10 Å². The van der Waals surface area contributed by atoms with Gasteiger partial charge in [0.05, 0.1) is 12.3 Å². The fraction of sp³-hybridized carbons (Fsp3) is 0.667. The fourth-order valence-electron chi connectivity index (χ4n) is 1.72. The third kappa shape index (κ3) is 4.19. The first kappa shape index (κ1) is 13.7. The number of ether oxygens (including phenoxy) is 1. The van der Waals surface area contributed by atoms with Gasteiger partial charge in [0, 0.05) is 18.8 Å². The first-order valence-electron chi connectivity index (χ1n) is 5.84. The lowest BCUT2D eigenvalue weighted by atomic mass is 10.1. The second-order valence-electron chi connectivity index (χ2n) is 4.80. The highest BCUT2D eigenvalue weighted by atomic mass is 16.5. The number of nitrogens with zero attached hydrogens (tertiary/aromatic N) is 2. The Labute approximate surface area is 102 Å².